The fraction of sp³-hybridized carbons (Fsp3) is 0.214. The summed E-state index contributed by atoms with van der Waals surface area (Å²) in [5, 5.41) is 0. The van der Waals surface area contributed by atoms with Crippen LogP contribution in [0.25, 0.3) is 0 Å². The van der Waals surface area contributed by atoms with Gasteiger partial charge in [-0.2, -0.15) is 0 Å². The smallest absolute Gasteiger partial charge is 0.250 e. The van der Waals surface area contributed by atoms with Crippen molar-refractivity contribution in [2.75, 3.05) is 0 Å². The highest BCUT2D eigenvalue weighted by atomic mass is 127. The largest absolute Gasteiger partial charge is 0.314 e. The van der Waals surface area contributed by atoms with E-state index in [1.807, 2.05) is 16.8 Å². The van der Waals surface area contributed by atoms with E-state index in [4.69, 9.17) is 0 Å². The quantitative estimate of drug-likeness (QED) is 0.773. The maximum atomic E-state index is 11.7. The molecule has 1 aliphatic rings. The van der Waals surface area contributed by atoms with Crippen molar-refractivity contribution >= 4 is 22.6 Å². The Morgan fingerprint density at radius 2 is 2.06 bits per heavy atom. The van der Waals surface area contributed by atoms with Crippen LogP contribution in [0.2, 0.25) is 0 Å². The second kappa shape index (κ2) is 4.29. The third-order valence-corrected chi connectivity index (χ3v) is 3.96. The molecule has 1 heterocycles. The van der Waals surface area contributed by atoms with Crippen LogP contribution in [-0.4, -0.2) is 4.57 Å². The van der Waals surface area contributed by atoms with Crippen LogP contribution in [0.5, 0.6) is 0 Å². The lowest BCUT2D eigenvalue weighted by Gasteiger charge is -2.30. The van der Waals surface area contributed by atoms with Gasteiger partial charge in [0.25, 0.3) is 5.56 Å². The summed E-state index contributed by atoms with van der Waals surface area (Å²) in [4.78, 5) is 11.7. The first kappa shape index (κ1) is 11.0. The molecule has 1 aromatic carbocycles. The minimum Gasteiger partial charge on any atom is -0.314 e. The number of aromatic nitrogens is 1. The molecular formula is C14H12INO. The van der Waals surface area contributed by atoms with Crippen molar-refractivity contribution in [1.29, 1.82) is 0 Å². The second-order valence-electron chi connectivity index (χ2n) is 4.44. The molecule has 0 saturated heterocycles. The van der Waals surface area contributed by atoms with Gasteiger partial charge in [0.2, 0.25) is 0 Å². The van der Waals surface area contributed by atoms with E-state index in [0.717, 1.165) is 16.5 Å². The minimum atomic E-state index is 0.0924. The summed E-state index contributed by atoms with van der Waals surface area (Å²) in [5.74, 6) is 0.502. The van der Waals surface area contributed by atoms with E-state index in [2.05, 4.69) is 46.9 Å². The van der Waals surface area contributed by atoms with E-state index in [0.29, 0.717) is 5.92 Å². The van der Waals surface area contributed by atoms with Gasteiger partial charge in [0.15, 0.2) is 0 Å². The first-order valence-corrected chi connectivity index (χ1v) is 6.76. The molecule has 0 bridgehead atoms. The molecule has 1 unspecified atom stereocenters. The summed E-state index contributed by atoms with van der Waals surface area (Å²) in [6.45, 7) is 0.798. The molecule has 17 heavy (non-hydrogen) atoms. The van der Waals surface area contributed by atoms with Crippen molar-refractivity contribution in [3.8, 4) is 0 Å². The zero-order valence-electron chi connectivity index (χ0n) is 9.27. The van der Waals surface area contributed by atoms with Gasteiger partial charge in [-0.1, -0.05) is 24.3 Å². The fourth-order valence-electron chi connectivity index (χ4n) is 2.41. The maximum absolute atomic E-state index is 11.7. The third-order valence-electron chi connectivity index (χ3n) is 3.33. The fourth-order valence-corrected chi connectivity index (χ4v) is 2.92. The number of hydrogen-bond donors (Lipinski definition) is 0. The summed E-state index contributed by atoms with van der Waals surface area (Å²) >= 11 is 2.24. The predicted octanol–water partition coefficient (Wildman–Crippen LogP) is 2.79. The van der Waals surface area contributed by atoms with E-state index >= 15 is 0 Å². The Labute approximate surface area is 113 Å². The topological polar surface area (TPSA) is 22.0 Å². The normalized spacial score (nSPS) is 17.4. The zero-order valence-corrected chi connectivity index (χ0v) is 11.4. The molecular weight excluding hydrogens is 325 g/mol. The van der Waals surface area contributed by atoms with Crippen LogP contribution in [0.1, 0.15) is 17.0 Å². The number of halogens is 1. The summed E-state index contributed by atoms with van der Waals surface area (Å²) < 4.78 is 2.93. The molecule has 0 N–H and O–H groups in total. The molecule has 0 amide bonds. The Hall–Kier alpha value is -1.10. The summed E-state index contributed by atoms with van der Waals surface area (Å²) in [5.41, 5.74) is 2.92. The third kappa shape index (κ3) is 2.04. The highest BCUT2D eigenvalue weighted by Crippen LogP contribution is 2.35. The lowest BCUT2D eigenvalue weighted by molar-refractivity contribution is 0.498. The lowest BCUT2D eigenvalue weighted by atomic mass is 9.77. The number of pyridine rings is 1. The van der Waals surface area contributed by atoms with Crippen LogP contribution in [0.4, 0.5) is 0 Å². The predicted molar refractivity (Wildman–Crippen MR) is 76.3 cm³/mol. The van der Waals surface area contributed by atoms with Crippen LogP contribution < -0.4 is 5.56 Å². The van der Waals surface area contributed by atoms with E-state index in [-0.39, 0.29) is 5.56 Å². The number of benzene rings is 1. The Bertz CT molecular complexity index is 618. The van der Waals surface area contributed by atoms with Gasteiger partial charge in [0.05, 0.1) is 0 Å². The minimum absolute atomic E-state index is 0.0924. The molecule has 1 atom stereocenters. The molecule has 0 fully saturated rings. The summed E-state index contributed by atoms with van der Waals surface area (Å²) in [6.07, 6.45) is 3.03. The molecule has 0 radical (unpaired) electrons. The highest BCUT2D eigenvalue weighted by molar-refractivity contribution is 14.1. The molecule has 2 nitrogen and oxygen atoms in total. The highest BCUT2D eigenvalue weighted by Gasteiger charge is 2.25. The van der Waals surface area contributed by atoms with Crippen LogP contribution in [-0.2, 0) is 13.0 Å². The van der Waals surface area contributed by atoms with E-state index in [1.54, 1.807) is 6.07 Å². The summed E-state index contributed by atoms with van der Waals surface area (Å²) in [6, 6.07) is 12.0. The Morgan fingerprint density at radius 1 is 1.24 bits per heavy atom. The number of rotatable bonds is 2. The van der Waals surface area contributed by atoms with Crippen molar-refractivity contribution in [1.82, 2.24) is 4.57 Å². The van der Waals surface area contributed by atoms with Gasteiger partial charge < -0.3 is 4.57 Å². The first-order valence-electron chi connectivity index (χ1n) is 5.68. The van der Waals surface area contributed by atoms with Crippen molar-refractivity contribution < 1.29 is 0 Å². The standard InChI is InChI=1S/C14H12INO/c15-12-5-6-14(17)16(9-12)8-11-7-10-3-1-2-4-13(10)11/h1-6,9,11H,7-8H2. The van der Waals surface area contributed by atoms with Crippen LogP contribution in [0, 0.1) is 3.57 Å². The molecule has 1 aliphatic carbocycles. The van der Waals surface area contributed by atoms with Gasteiger partial charge in [-0.15, -0.1) is 0 Å². The van der Waals surface area contributed by atoms with Crippen molar-refractivity contribution in [3.05, 3.63) is 67.6 Å². The monoisotopic (exact) mass is 337 g/mol. The molecule has 1 aromatic heterocycles. The van der Waals surface area contributed by atoms with Crippen LogP contribution in [0.15, 0.2) is 47.4 Å². The van der Waals surface area contributed by atoms with Crippen molar-refractivity contribution in [2.24, 2.45) is 0 Å². The Kier molecular flexibility index (Phi) is 2.78. The van der Waals surface area contributed by atoms with Gasteiger partial charge in [-0.05, 0) is 46.2 Å². The van der Waals surface area contributed by atoms with E-state index in [9.17, 15) is 4.79 Å². The van der Waals surface area contributed by atoms with Gasteiger partial charge in [0.1, 0.15) is 0 Å². The SMILES string of the molecule is O=c1ccc(I)cn1CC1Cc2ccccc21. The molecule has 0 saturated carbocycles. The van der Waals surface area contributed by atoms with Crippen molar-refractivity contribution in [2.45, 2.75) is 18.9 Å². The van der Waals surface area contributed by atoms with E-state index < -0.39 is 0 Å². The average molecular weight is 337 g/mol. The first-order chi connectivity index (χ1) is 8.24. The zero-order chi connectivity index (χ0) is 11.8. The number of fused-ring (bicyclic) bond motifs is 1. The van der Waals surface area contributed by atoms with Crippen LogP contribution >= 0.6 is 22.6 Å². The van der Waals surface area contributed by atoms with Gasteiger partial charge in [-0.3, -0.25) is 4.79 Å². The Balaban J connectivity index is 1.86. The molecule has 2 aromatic rings. The summed E-state index contributed by atoms with van der Waals surface area (Å²) in [7, 11) is 0. The van der Waals surface area contributed by atoms with E-state index in [1.165, 1.54) is 11.1 Å². The molecule has 0 aliphatic heterocycles. The number of nitrogens with zero attached hydrogens (tertiary/aromatic N) is 1. The molecule has 3 heteroatoms. The van der Waals surface area contributed by atoms with Gasteiger partial charge in [0, 0.05) is 28.3 Å². The maximum Gasteiger partial charge on any atom is 0.250 e. The molecule has 3 rings (SSSR count). The van der Waals surface area contributed by atoms with Crippen molar-refractivity contribution in [3.63, 3.8) is 0 Å². The Morgan fingerprint density at radius 3 is 2.88 bits per heavy atom. The molecule has 0 spiro atoms. The average Bonchev–Trinajstić information content (AvgIpc) is 2.30. The lowest BCUT2D eigenvalue weighted by Crippen LogP contribution is -2.27. The van der Waals surface area contributed by atoms with Gasteiger partial charge in [-0.25, -0.2) is 0 Å². The number of hydrogen-bond acceptors (Lipinski definition) is 1. The van der Waals surface area contributed by atoms with Gasteiger partial charge >= 0.3 is 0 Å². The van der Waals surface area contributed by atoms with Crippen LogP contribution in [0.3, 0.4) is 0 Å². The molecule has 86 valence electrons. The second-order valence-corrected chi connectivity index (χ2v) is 5.68.